The fraction of sp³-hybridized carbons (Fsp3) is 0.182. The highest BCUT2D eigenvalue weighted by atomic mass is 32.2. The van der Waals surface area contributed by atoms with Gasteiger partial charge >= 0.3 is 0 Å². The Bertz CT molecular complexity index is 1260. The molecule has 4 aromatic rings. The number of thioether (sulfide) groups is 1. The van der Waals surface area contributed by atoms with Crippen LogP contribution in [-0.2, 0) is 11.3 Å². The normalized spacial score (nSPS) is 12.2. The molecule has 0 radical (unpaired) electrons. The first-order valence-corrected chi connectivity index (χ1v) is 10.3. The van der Waals surface area contributed by atoms with Gasteiger partial charge < -0.3 is 5.32 Å². The summed E-state index contributed by atoms with van der Waals surface area (Å²) in [6.45, 7) is 4.20. The van der Waals surface area contributed by atoms with E-state index >= 15 is 0 Å². The lowest BCUT2D eigenvalue weighted by atomic mass is 10.2. The minimum absolute atomic E-state index is 0.0895. The zero-order valence-electron chi connectivity index (χ0n) is 16.1. The Morgan fingerprint density at radius 2 is 1.83 bits per heavy atom. The number of carbonyl (C=O) groups excluding carboxylic acids is 1. The molecule has 2 aromatic carbocycles. The number of anilines is 1. The molecule has 0 spiro atoms. The maximum Gasteiger partial charge on any atom is 0.262 e. The molecule has 29 heavy (non-hydrogen) atoms. The molecule has 7 heteroatoms. The number of hydrogen-bond acceptors (Lipinski definition) is 5. The third-order valence-electron chi connectivity index (χ3n) is 4.70. The Labute approximate surface area is 172 Å². The van der Waals surface area contributed by atoms with Crippen molar-refractivity contribution in [2.24, 2.45) is 0 Å². The summed E-state index contributed by atoms with van der Waals surface area (Å²) < 4.78 is 1.61. The molecule has 1 atom stereocenters. The number of pyridine rings is 1. The van der Waals surface area contributed by atoms with E-state index in [1.54, 1.807) is 16.8 Å². The molecule has 1 amide bonds. The van der Waals surface area contributed by atoms with Crippen molar-refractivity contribution in [3.05, 3.63) is 71.1 Å². The summed E-state index contributed by atoms with van der Waals surface area (Å²) in [7, 11) is 0. The molecule has 0 aliphatic rings. The third-order valence-corrected chi connectivity index (χ3v) is 5.79. The predicted molar refractivity (Wildman–Crippen MR) is 117 cm³/mol. The van der Waals surface area contributed by atoms with Crippen molar-refractivity contribution in [3.63, 3.8) is 0 Å². The Kier molecular flexibility index (Phi) is 5.31. The first-order valence-electron chi connectivity index (χ1n) is 9.39. The van der Waals surface area contributed by atoms with Crippen LogP contribution in [0.25, 0.3) is 21.8 Å². The fourth-order valence-corrected chi connectivity index (χ4v) is 4.15. The van der Waals surface area contributed by atoms with Crippen LogP contribution in [0.5, 0.6) is 0 Å². The van der Waals surface area contributed by atoms with E-state index in [1.165, 1.54) is 11.8 Å². The molecular formula is C22H20N4O2S. The van der Waals surface area contributed by atoms with E-state index in [9.17, 15) is 9.59 Å². The van der Waals surface area contributed by atoms with Crippen LogP contribution in [0.1, 0.15) is 13.8 Å². The number of rotatable bonds is 5. The van der Waals surface area contributed by atoms with E-state index < -0.39 is 5.25 Å². The Balaban J connectivity index is 1.61. The van der Waals surface area contributed by atoms with E-state index in [0.717, 1.165) is 10.9 Å². The van der Waals surface area contributed by atoms with E-state index in [-0.39, 0.29) is 11.5 Å². The van der Waals surface area contributed by atoms with Gasteiger partial charge in [-0.1, -0.05) is 30.0 Å². The largest absolute Gasteiger partial charge is 0.324 e. The lowest BCUT2D eigenvalue weighted by Crippen LogP contribution is -2.26. The highest BCUT2D eigenvalue weighted by Gasteiger charge is 2.19. The second kappa shape index (κ2) is 8.05. The summed E-state index contributed by atoms with van der Waals surface area (Å²) in [6.07, 6.45) is 1.72. The van der Waals surface area contributed by atoms with Crippen molar-refractivity contribution in [2.75, 3.05) is 5.32 Å². The molecule has 2 heterocycles. The molecule has 146 valence electrons. The summed E-state index contributed by atoms with van der Waals surface area (Å²) >= 11 is 1.28. The van der Waals surface area contributed by atoms with Gasteiger partial charge in [-0.25, -0.2) is 4.98 Å². The summed E-state index contributed by atoms with van der Waals surface area (Å²) in [4.78, 5) is 34.6. The summed E-state index contributed by atoms with van der Waals surface area (Å²) in [5, 5.41) is 4.55. The number of fused-ring (bicyclic) bond motifs is 2. The second-order valence-corrected chi connectivity index (χ2v) is 7.89. The van der Waals surface area contributed by atoms with Gasteiger partial charge in [0.25, 0.3) is 5.56 Å². The Morgan fingerprint density at radius 3 is 2.66 bits per heavy atom. The number of nitrogens with zero attached hydrogens (tertiary/aromatic N) is 3. The minimum Gasteiger partial charge on any atom is -0.324 e. The molecule has 0 saturated heterocycles. The van der Waals surface area contributed by atoms with Gasteiger partial charge in [-0.3, -0.25) is 19.1 Å². The maximum absolute atomic E-state index is 12.8. The van der Waals surface area contributed by atoms with Crippen LogP contribution in [-0.4, -0.2) is 25.7 Å². The van der Waals surface area contributed by atoms with Crippen molar-refractivity contribution >= 4 is 45.2 Å². The lowest BCUT2D eigenvalue weighted by Gasteiger charge is -2.16. The van der Waals surface area contributed by atoms with E-state index in [1.807, 2.05) is 62.4 Å². The van der Waals surface area contributed by atoms with E-state index in [0.29, 0.717) is 28.3 Å². The van der Waals surface area contributed by atoms with Gasteiger partial charge in [-0.05, 0) is 50.2 Å². The lowest BCUT2D eigenvalue weighted by molar-refractivity contribution is -0.115. The second-order valence-electron chi connectivity index (χ2n) is 6.59. The van der Waals surface area contributed by atoms with Crippen LogP contribution in [0.2, 0.25) is 0 Å². The number of benzene rings is 2. The van der Waals surface area contributed by atoms with Gasteiger partial charge in [0.2, 0.25) is 5.91 Å². The Morgan fingerprint density at radius 1 is 1.07 bits per heavy atom. The Hall–Kier alpha value is -3.19. The predicted octanol–water partition coefficient (Wildman–Crippen LogP) is 4.08. The van der Waals surface area contributed by atoms with E-state index in [4.69, 9.17) is 0 Å². The molecule has 1 N–H and O–H groups in total. The van der Waals surface area contributed by atoms with Crippen molar-refractivity contribution in [3.8, 4) is 0 Å². The van der Waals surface area contributed by atoms with Crippen LogP contribution >= 0.6 is 11.8 Å². The standard InChI is InChI=1S/C22H20N4O2S/c1-3-26-21(28)16-8-4-5-10-19(16)25-22(26)29-14(2)20(27)24-18-12-6-11-17-15(18)9-7-13-23-17/h4-14H,3H2,1-2H3,(H,24,27)/t14-/m1/s1. The third kappa shape index (κ3) is 3.73. The van der Waals surface area contributed by atoms with Crippen molar-refractivity contribution < 1.29 is 4.79 Å². The fourth-order valence-electron chi connectivity index (χ4n) is 3.17. The highest BCUT2D eigenvalue weighted by molar-refractivity contribution is 8.00. The molecule has 0 unspecified atom stereocenters. The SMILES string of the molecule is CCn1c(S[C@H](C)C(=O)Nc2cccc3ncccc23)nc2ccccc2c1=O. The number of nitrogens with one attached hydrogen (secondary N) is 1. The van der Waals surface area contributed by atoms with Gasteiger partial charge in [0.15, 0.2) is 5.16 Å². The van der Waals surface area contributed by atoms with Crippen LogP contribution in [0, 0.1) is 0 Å². The van der Waals surface area contributed by atoms with Gasteiger partial charge in [0, 0.05) is 18.1 Å². The monoisotopic (exact) mass is 404 g/mol. The average molecular weight is 404 g/mol. The van der Waals surface area contributed by atoms with Crippen LogP contribution in [0.4, 0.5) is 5.69 Å². The molecular weight excluding hydrogens is 384 g/mol. The molecule has 0 aliphatic carbocycles. The number of aromatic nitrogens is 3. The van der Waals surface area contributed by atoms with Gasteiger partial charge in [-0.2, -0.15) is 0 Å². The first kappa shape index (κ1) is 19.1. The van der Waals surface area contributed by atoms with Crippen LogP contribution in [0.15, 0.2) is 70.7 Å². The summed E-state index contributed by atoms with van der Waals surface area (Å²) in [6, 6.07) is 16.7. The maximum atomic E-state index is 12.8. The zero-order chi connectivity index (χ0) is 20.4. The summed E-state index contributed by atoms with van der Waals surface area (Å²) in [5.41, 5.74) is 2.08. The number of hydrogen-bond donors (Lipinski definition) is 1. The minimum atomic E-state index is -0.437. The molecule has 0 fully saturated rings. The molecule has 2 aromatic heterocycles. The van der Waals surface area contributed by atoms with Crippen molar-refractivity contribution in [1.29, 1.82) is 0 Å². The number of amides is 1. The molecule has 4 rings (SSSR count). The van der Waals surface area contributed by atoms with Crippen LogP contribution in [0.3, 0.4) is 0 Å². The topological polar surface area (TPSA) is 76.9 Å². The van der Waals surface area contributed by atoms with Crippen molar-refractivity contribution in [2.45, 2.75) is 30.8 Å². The molecule has 0 saturated carbocycles. The summed E-state index contributed by atoms with van der Waals surface area (Å²) in [5.74, 6) is -0.156. The number of carbonyl (C=O) groups is 1. The molecule has 6 nitrogen and oxygen atoms in total. The first-order chi connectivity index (χ1) is 14.1. The van der Waals surface area contributed by atoms with Crippen molar-refractivity contribution in [1.82, 2.24) is 14.5 Å². The smallest absolute Gasteiger partial charge is 0.262 e. The number of para-hydroxylation sites is 1. The molecule has 0 aliphatic heterocycles. The highest BCUT2D eigenvalue weighted by Crippen LogP contribution is 2.26. The van der Waals surface area contributed by atoms with Gasteiger partial charge in [0.1, 0.15) is 0 Å². The molecule has 0 bridgehead atoms. The average Bonchev–Trinajstić information content (AvgIpc) is 2.74. The van der Waals surface area contributed by atoms with Crippen LogP contribution < -0.4 is 10.9 Å². The van der Waals surface area contributed by atoms with Gasteiger partial charge in [0.05, 0.1) is 27.4 Å². The van der Waals surface area contributed by atoms with E-state index in [2.05, 4.69) is 15.3 Å². The zero-order valence-corrected chi connectivity index (χ0v) is 16.9. The van der Waals surface area contributed by atoms with Gasteiger partial charge in [-0.15, -0.1) is 0 Å². The quantitative estimate of drug-likeness (QED) is 0.401.